The van der Waals surface area contributed by atoms with Crippen LogP contribution in [0, 0.1) is 17.1 Å². The normalized spacial score (nSPS) is 13.2. The van der Waals surface area contributed by atoms with Crippen molar-refractivity contribution in [3.63, 3.8) is 0 Å². The SMILES string of the molecule is N#Cc1ccc(C(NS(=O)(=O)c2cc3cc(CS(=O)(=O)CCC[n+]4ccccc4)ccc3s2)P(=O)(O)O)cc1F. The second-order valence-electron chi connectivity index (χ2n) is 8.96. The summed E-state index contributed by atoms with van der Waals surface area (Å²) in [6, 6.07) is 15.9. The van der Waals surface area contributed by atoms with Crippen LogP contribution in [0.5, 0.6) is 0 Å². The van der Waals surface area contributed by atoms with E-state index in [9.17, 15) is 35.6 Å². The van der Waals surface area contributed by atoms with Gasteiger partial charge < -0.3 is 9.79 Å². The van der Waals surface area contributed by atoms with Gasteiger partial charge in [0, 0.05) is 23.3 Å². The van der Waals surface area contributed by atoms with Crippen molar-refractivity contribution in [2.75, 3.05) is 5.75 Å². The lowest BCUT2D eigenvalue weighted by Gasteiger charge is -2.20. The second kappa shape index (κ2) is 11.8. The van der Waals surface area contributed by atoms with Crippen molar-refractivity contribution in [3.05, 3.63) is 95.6 Å². The van der Waals surface area contributed by atoms with Crippen LogP contribution in [0.2, 0.25) is 0 Å². The monoisotopic (exact) mass is 624 g/mol. The standard InChI is InChI=1S/C25H23FN3O7PS3/c26-22-14-19(6-7-20(22)16-27)25(37(30,31)32)28-40(35,36)24-15-21-13-18(5-8-23(21)38-24)17-39(33,34)12-4-11-29-9-2-1-3-10-29/h1-3,5-10,13-15,25,28H,4,11-12,17H2,(H-,30,31,32)/p+1. The fraction of sp³-hybridized carbons (Fsp3) is 0.200. The molecule has 4 aromatic rings. The van der Waals surface area contributed by atoms with Gasteiger partial charge in [-0.1, -0.05) is 18.2 Å². The molecule has 0 aliphatic rings. The molecule has 2 aromatic carbocycles. The molecule has 2 heterocycles. The van der Waals surface area contributed by atoms with Crippen molar-refractivity contribution in [1.29, 1.82) is 5.26 Å². The van der Waals surface area contributed by atoms with Gasteiger partial charge in [-0.3, -0.25) is 4.57 Å². The molecule has 15 heteroatoms. The van der Waals surface area contributed by atoms with Gasteiger partial charge in [0.2, 0.25) is 0 Å². The Balaban J connectivity index is 1.52. The molecular formula is C25H24FN3O7PS3+. The van der Waals surface area contributed by atoms with E-state index in [0.29, 0.717) is 34.7 Å². The summed E-state index contributed by atoms with van der Waals surface area (Å²) < 4.78 is 81.9. The van der Waals surface area contributed by atoms with Gasteiger partial charge in [-0.25, -0.2) is 25.8 Å². The van der Waals surface area contributed by atoms with E-state index in [2.05, 4.69) is 0 Å². The van der Waals surface area contributed by atoms with Crippen molar-refractivity contribution in [2.45, 2.75) is 28.7 Å². The van der Waals surface area contributed by atoms with E-state index in [4.69, 9.17) is 5.26 Å². The number of pyridine rings is 1. The summed E-state index contributed by atoms with van der Waals surface area (Å²) in [5.41, 5.74) is -0.253. The van der Waals surface area contributed by atoms with Gasteiger partial charge in [-0.15, -0.1) is 11.3 Å². The largest absolute Gasteiger partial charge is 0.347 e. The zero-order valence-corrected chi connectivity index (χ0v) is 24.1. The third-order valence-corrected chi connectivity index (χ3v) is 11.9. The van der Waals surface area contributed by atoms with Crippen LogP contribution in [0.1, 0.15) is 28.9 Å². The van der Waals surface area contributed by atoms with E-state index in [1.54, 1.807) is 24.3 Å². The number of hydrogen-bond donors (Lipinski definition) is 3. The highest BCUT2D eigenvalue weighted by Crippen LogP contribution is 2.51. The molecule has 1 unspecified atom stereocenters. The first-order valence-corrected chi connectivity index (χ1v) is 17.5. The van der Waals surface area contributed by atoms with Crippen LogP contribution in [0.3, 0.4) is 0 Å². The van der Waals surface area contributed by atoms with Crippen molar-refractivity contribution in [1.82, 2.24) is 4.72 Å². The maximum atomic E-state index is 14.1. The van der Waals surface area contributed by atoms with Gasteiger partial charge in [0.1, 0.15) is 28.4 Å². The Morgan fingerprint density at radius 3 is 2.42 bits per heavy atom. The number of nitrogens with zero attached hydrogens (tertiary/aromatic N) is 2. The molecule has 0 amide bonds. The van der Waals surface area contributed by atoms with E-state index in [1.165, 1.54) is 6.07 Å². The lowest BCUT2D eigenvalue weighted by atomic mass is 10.1. The quantitative estimate of drug-likeness (QED) is 0.169. The Bertz CT molecular complexity index is 1850. The van der Waals surface area contributed by atoms with Crippen LogP contribution < -0.4 is 9.29 Å². The molecule has 0 spiro atoms. The summed E-state index contributed by atoms with van der Waals surface area (Å²) in [4.78, 5) is 19.6. The fourth-order valence-corrected chi connectivity index (χ4v) is 9.37. The second-order valence-corrected chi connectivity index (χ2v) is 15.9. The summed E-state index contributed by atoms with van der Waals surface area (Å²) in [7, 11) is -13.1. The molecule has 210 valence electrons. The number of nitrogens with one attached hydrogen (secondary N) is 1. The molecule has 40 heavy (non-hydrogen) atoms. The van der Waals surface area contributed by atoms with E-state index in [1.807, 2.05) is 39.9 Å². The zero-order chi connectivity index (χ0) is 29.1. The highest BCUT2D eigenvalue weighted by molar-refractivity contribution is 7.92. The average molecular weight is 625 g/mol. The van der Waals surface area contributed by atoms with E-state index >= 15 is 0 Å². The molecule has 0 radical (unpaired) electrons. The number of hydrogen-bond acceptors (Lipinski definition) is 7. The highest BCUT2D eigenvalue weighted by Gasteiger charge is 2.36. The molecule has 2 aromatic heterocycles. The van der Waals surface area contributed by atoms with Gasteiger partial charge in [0.15, 0.2) is 22.2 Å². The Hall–Kier alpha value is -3.02. The number of halogens is 1. The van der Waals surface area contributed by atoms with Crippen molar-refractivity contribution < 1.29 is 40.1 Å². The van der Waals surface area contributed by atoms with Gasteiger partial charge in [0.05, 0.1) is 17.1 Å². The number of thiophene rings is 1. The fourth-order valence-electron chi connectivity index (χ4n) is 4.00. The van der Waals surface area contributed by atoms with Gasteiger partial charge in [0.25, 0.3) is 10.0 Å². The van der Waals surface area contributed by atoms with Crippen LogP contribution in [0.15, 0.2) is 77.3 Å². The molecule has 0 bridgehead atoms. The minimum atomic E-state index is -5.16. The third kappa shape index (κ3) is 7.38. The Morgan fingerprint density at radius 2 is 1.77 bits per heavy atom. The van der Waals surface area contributed by atoms with Gasteiger partial charge in [-0.2, -0.15) is 9.98 Å². The first kappa shape index (κ1) is 30.0. The summed E-state index contributed by atoms with van der Waals surface area (Å²) in [6.07, 6.45) is 4.13. The molecule has 10 nitrogen and oxygen atoms in total. The molecule has 3 N–H and O–H groups in total. The van der Waals surface area contributed by atoms with E-state index < -0.39 is 39.1 Å². The Morgan fingerprint density at radius 1 is 1.05 bits per heavy atom. The molecule has 0 aliphatic heterocycles. The summed E-state index contributed by atoms with van der Waals surface area (Å²) in [5.74, 6) is -3.41. The number of aromatic nitrogens is 1. The molecule has 0 saturated heterocycles. The van der Waals surface area contributed by atoms with Crippen molar-refractivity contribution in [2.24, 2.45) is 0 Å². The van der Waals surface area contributed by atoms with Crippen LogP contribution >= 0.6 is 18.9 Å². The van der Waals surface area contributed by atoms with Crippen molar-refractivity contribution >= 4 is 48.9 Å². The Kier molecular flexibility index (Phi) is 8.86. The van der Waals surface area contributed by atoms with E-state index in [0.717, 1.165) is 23.5 Å². The summed E-state index contributed by atoms with van der Waals surface area (Å²) >= 11 is 0.827. The van der Waals surface area contributed by atoms with Gasteiger partial charge in [-0.05, 0) is 46.8 Å². The van der Waals surface area contributed by atoms with Crippen LogP contribution in [-0.2, 0) is 36.7 Å². The average Bonchev–Trinajstić information content (AvgIpc) is 3.31. The minimum Gasteiger partial charge on any atom is -0.323 e. The number of sulfone groups is 1. The molecule has 4 rings (SSSR count). The number of fused-ring (bicyclic) bond motifs is 1. The first-order valence-electron chi connectivity index (χ1n) is 11.7. The van der Waals surface area contributed by atoms with Crippen LogP contribution in [-0.4, -0.2) is 32.4 Å². The maximum absolute atomic E-state index is 14.1. The molecule has 0 fully saturated rings. The number of benzene rings is 2. The van der Waals surface area contributed by atoms with Crippen LogP contribution in [0.4, 0.5) is 4.39 Å². The number of nitriles is 1. The predicted molar refractivity (Wildman–Crippen MR) is 147 cm³/mol. The number of aryl methyl sites for hydroxylation is 1. The smallest absolute Gasteiger partial charge is 0.323 e. The van der Waals surface area contributed by atoms with Crippen LogP contribution in [0.25, 0.3) is 10.1 Å². The lowest BCUT2D eigenvalue weighted by molar-refractivity contribution is -0.696. The zero-order valence-electron chi connectivity index (χ0n) is 20.7. The topological polar surface area (TPSA) is 166 Å². The molecule has 1 atom stereocenters. The van der Waals surface area contributed by atoms with Gasteiger partial charge >= 0.3 is 7.60 Å². The molecule has 0 saturated carbocycles. The molecule has 0 aliphatic carbocycles. The third-order valence-electron chi connectivity index (χ3n) is 5.89. The maximum Gasteiger partial charge on any atom is 0.347 e. The van der Waals surface area contributed by atoms with E-state index in [-0.39, 0.29) is 26.8 Å². The minimum absolute atomic E-state index is 0.0280. The lowest BCUT2D eigenvalue weighted by Crippen LogP contribution is -2.33. The predicted octanol–water partition coefficient (Wildman–Crippen LogP) is 3.36. The molecular weight excluding hydrogens is 600 g/mol. The number of rotatable bonds is 11. The highest BCUT2D eigenvalue weighted by atomic mass is 32.2. The van der Waals surface area contributed by atoms with Crippen molar-refractivity contribution in [3.8, 4) is 6.07 Å². The number of sulfonamides is 1. The first-order chi connectivity index (χ1) is 18.8. The Labute approximate surface area is 234 Å². The summed E-state index contributed by atoms with van der Waals surface area (Å²) in [6.45, 7) is 0.544. The summed E-state index contributed by atoms with van der Waals surface area (Å²) in [5, 5.41) is 9.33.